The second-order valence-corrected chi connectivity index (χ2v) is 7.42. The van der Waals surface area contributed by atoms with E-state index in [2.05, 4.69) is 30.1 Å². The summed E-state index contributed by atoms with van der Waals surface area (Å²) in [6.45, 7) is 4.48. The Balaban J connectivity index is 1.40. The number of hydrogen-bond acceptors (Lipinski definition) is 7. The van der Waals surface area contributed by atoms with Gasteiger partial charge in [-0.2, -0.15) is 23.4 Å². The highest BCUT2D eigenvalue weighted by atomic mass is 19.4. The van der Waals surface area contributed by atoms with Crippen molar-refractivity contribution in [1.29, 1.82) is 0 Å². The zero-order chi connectivity index (χ0) is 22.2. The van der Waals surface area contributed by atoms with Crippen molar-refractivity contribution in [3.8, 4) is 5.88 Å². The number of azo groups is 1. The summed E-state index contributed by atoms with van der Waals surface area (Å²) in [5.74, 6) is 0.239. The number of nitrogens with zero attached hydrogens (tertiary/aromatic N) is 5. The van der Waals surface area contributed by atoms with Crippen molar-refractivity contribution in [3.63, 3.8) is 0 Å². The molecule has 2 aliphatic heterocycles. The third-order valence-electron chi connectivity index (χ3n) is 5.20. The van der Waals surface area contributed by atoms with E-state index >= 15 is 0 Å². The standard InChI is InChI=1S/C19H20F3N7O2/c1-11-9-28(4-5-29(11)16-3-2-13(8-23-16)19(20,21)22)10-12-7-24-27-14(12)6-15-17(30)26-18(31)25-15/h2-3,6-8,11,30H,4-5,9-10H2,1H3,(H2,25,26,31)/b14-6-/t11-/m1/s1. The zero-order valence-corrected chi connectivity index (χ0v) is 16.5. The van der Waals surface area contributed by atoms with Crippen LogP contribution in [0.3, 0.4) is 0 Å². The number of H-pyrrole nitrogens is 2. The predicted octanol–water partition coefficient (Wildman–Crippen LogP) is 2.72. The molecule has 164 valence electrons. The van der Waals surface area contributed by atoms with Crippen molar-refractivity contribution >= 4 is 11.9 Å². The number of anilines is 1. The highest BCUT2D eigenvalue weighted by molar-refractivity contribution is 5.59. The first-order valence-electron chi connectivity index (χ1n) is 9.56. The van der Waals surface area contributed by atoms with Crippen LogP contribution in [0.15, 0.2) is 50.8 Å². The molecule has 0 radical (unpaired) electrons. The molecule has 2 aromatic rings. The first-order chi connectivity index (χ1) is 14.7. The van der Waals surface area contributed by atoms with Crippen LogP contribution in [-0.2, 0) is 6.18 Å². The molecule has 9 nitrogen and oxygen atoms in total. The summed E-state index contributed by atoms with van der Waals surface area (Å²) in [5, 5.41) is 17.7. The number of hydrogen-bond donors (Lipinski definition) is 3. The highest BCUT2D eigenvalue weighted by Crippen LogP contribution is 2.30. The Hall–Kier alpha value is -3.41. The Morgan fingerprint density at radius 1 is 1.29 bits per heavy atom. The summed E-state index contributed by atoms with van der Waals surface area (Å²) < 4.78 is 38.3. The van der Waals surface area contributed by atoms with E-state index in [0.717, 1.165) is 17.8 Å². The molecule has 1 saturated heterocycles. The second-order valence-electron chi connectivity index (χ2n) is 7.42. The molecule has 1 fully saturated rings. The van der Waals surface area contributed by atoms with Crippen molar-refractivity contribution in [2.24, 2.45) is 10.2 Å². The number of aromatic nitrogens is 3. The van der Waals surface area contributed by atoms with Gasteiger partial charge in [0.15, 0.2) is 0 Å². The van der Waals surface area contributed by atoms with Crippen LogP contribution >= 0.6 is 0 Å². The third-order valence-corrected chi connectivity index (χ3v) is 5.20. The summed E-state index contributed by atoms with van der Waals surface area (Å²) in [6, 6.07) is 2.48. The average molecular weight is 435 g/mol. The van der Waals surface area contributed by atoms with Gasteiger partial charge in [0.1, 0.15) is 11.5 Å². The number of piperazine rings is 1. The van der Waals surface area contributed by atoms with Gasteiger partial charge in [0.05, 0.1) is 17.5 Å². The number of aromatic amines is 2. The van der Waals surface area contributed by atoms with Gasteiger partial charge in [-0.3, -0.25) is 9.88 Å². The van der Waals surface area contributed by atoms with E-state index in [1.807, 2.05) is 11.8 Å². The number of aromatic hydroxyl groups is 1. The maximum Gasteiger partial charge on any atom is 0.417 e. The third kappa shape index (κ3) is 4.53. The molecular formula is C19H20F3N7O2. The Bertz CT molecular complexity index is 1100. The molecule has 0 aliphatic carbocycles. The Kier molecular flexibility index (Phi) is 5.39. The number of alkyl halides is 3. The molecule has 0 saturated carbocycles. The van der Waals surface area contributed by atoms with Crippen LogP contribution in [0.1, 0.15) is 18.2 Å². The summed E-state index contributed by atoms with van der Waals surface area (Å²) in [4.78, 5) is 24.2. The molecule has 0 aromatic carbocycles. The van der Waals surface area contributed by atoms with Crippen LogP contribution < -0.4 is 10.6 Å². The van der Waals surface area contributed by atoms with Gasteiger partial charge in [-0.25, -0.2) is 9.78 Å². The second kappa shape index (κ2) is 8.02. The van der Waals surface area contributed by atoms with E-state index in [-0.39, 0.29) is 17.6 Å². The fourth-order valence-electron chi connectivity index (χ4n) is 3.64. The van der Waals surface area contributed by atoms with E-state index in [9.17, 15) is 23.1 Å². The minimum absolute atomic E-state index is 0.0337. The topological polar surface area (TPSA) is 113 Å². The van der Waals surface area contributed by atoms with Crippen molar-refractivity contribution in [2.75, 3.05) is 31.1 Å². The van der Waals surface area contributed by atoms with Gasteiger partial charge < -0.3 is 15.0 Å². The van der Waals surface area contributed by atoms with E-state index in [1.54, 1.807) is 12.3 Å². The lowest BCUT2D eigenvalue weighted by atomic mass is 10.1. The summed E-state index contributed by atoms with van der Waals surface area (Å²) >= 11 is 0. The van der Waals surface area contributed by atoms with Crippen molar-refractivity contribution in [1.82, 2.24) is 19.9 Å². The minimum Gasteiger partial charge on any atom is -0.493 e. The first kappa shape index (κ1) is 20.8. The van der Waals surface area contributed by atoms with Gasteiger partial charge in [0.2, 0.25) is 5.88 Å². The molecule has 12 heteroatoms. The van der Waals surface area contributed by atoms with Crippen LogP contribution in [0.25, 0.3) is 6.08 Å². The van der Waals surface area contributed by atoms with Crippen molar-refractivity contribution in [3.05, 3.63) is 57.5 Å². The minimum atomic E-state index is -4.41. The maximum absolute atomic E-state index is 12.8. The molecule has 0 unspecified atom stereocenters. The number of pyridine rings is 1. The lowest BCUT2D eigenvalue weighted by Crippen LogP contribution is -2.52. The van der Waals surface area contributed by atoms with Gasteiger partial charge >= 0.3 is 11.9 Å². The monoisotopic (exact) mass is 435 g/mol. The molecule has 1 atom stereocenters. The van der Waals surface area contributed by atoms with Gasteiger partial charge in [0, 0.05) is 44.0 Å². The van der Waals surface area contributed by atoms with E-state index in [1.165, 1.54) is 6.07 Å². The van der Waals surface area contributed by atoms with Crippen LogP contribution in [0.2, 0.25) is 0 Å². The van der Waals surface area contributed by atoms with E-state index < -0.39 is 17.4 Å². The van der Waals surface area contributed by atoms with Crippen molar-refractivity contribution in [2.45, 2.75) is 19.1 Å². The lowest BCUT2D eigenvalue weighted by molar-refractivity contribution is -0.137. The Morgan fingerprint density at radius 2 is 2.10 bits per heavy atom. The molecule has 2 aromatic heterocycles. The normalized spacial score (nSPS) is 21.2. The maximum atomic E-state index is 12.8. The fourth-order valence-corrected chi connectivity index (χ4v) is 3.64. The molecular weight excluding hydrogens is 415 g/mol. The molecule has 3 N–H and O–H groups in total. The largest absolute Gasteiger partial charge is 0.493 e. The molecule has 0 bridgehead atoms. The average Bonchev–Trinajstić information content (AvgIpc) is 3.27. The zero-order valence-electron chi connectivity index (χ0n) is 16.5. The van der Waals surface area contributed by atoms with Gasteiger partial charge in [-0.1, -0.05) is 0 Å². The fraction of sp³-hybridized carbons (Fsp3) is 0.368. The quantitative estimate of drug-likeness (QED) is 0.684. The van der Waals surface area contributed by atoms with Crippen molar-refractivity contribution < 1.29 is 18.3 Å². The first-order valence-corrected chi connectivity index (χ1v) is 9.56. The van der Waals surface area contributed by atoms with Gasteiger partial charge in [-0.05, 0) is 25.1 Å². The molecule has 0 amide bonds. The Morgan fingerprint density at radius 3 is 2.71 bits per heavy atom. The number of halogens is 3. The number of nitrogens with one attached hydrogen (secondary N) is 2. The highest BCUT2D eigenvalue weighted by Gasteiger charge is 2.32. The van der Waals surface area contributed by atoms with Crippen LogP contribution in [-0.4, -0.2) is 57.2 Å². The summed E-state index contributed by atoms with van der Waals surface area (Å²) in [5.41, 5.74) is 0.294. The van der Waals surface area contributed by atoms with Crippen LogP contribution in [0.5, 0.6) is 5.88 Å². The van der Waals surface area contributed by atoms with Gasteiger partial charge in [-0.15, -0.1) is 0 Å². The number of imidazole rings is 1. The molecule has 0 spiro atoms. The van der Waals surface area contributed by atoms with E-state index in [0.29, 0.717) is 37.7 Å². The Labute approximate surface area is 174 Å². The summed E-state index contributed by atoms with van der Waals surface area (Å²) in [6.07, 6.45) is -0.377. The predicted molar refractivity (Wildman–Crippen MR) is 106 cm³/mol. The molecule has 31 heavy (non-hydrogen) atoms. The van der Waals surface area contributed by atoms with Crippen LogP contribution in [0, 0.1) is 0 Å². The molecule has 4 rings (SSSR count). The summed E-state index contributed by atoms with van der Waals surface area (Å²) in [7, 11) is 0. The lowest BCUT2D eigenvalue weighted by Gasteiger charge is -2.40. The van der Waals surface area contributed by atoms with E-state index in [4.69, 9.17) is 0 Å². The van der Waals surface area contributed by atoms with Crippen LogP contribution in [0.4, 0.5) is 19.0 Å². The van der Waals surface area contributed by atoms with Gasteiger partial charge in [0.25, 0.3) is 0 Å². The SMILES string of the molecule is C[C@@H]1CN(CC2=CN=N/C2=C\c2[nH]c(=O)[nH]c2O)CCN1c1ccc(C(F)(F)F)cn1. The molecule has 2 aliphatic rings. The smallest absolute Gasteiger partial charge is 0.417 e. The molecule has 4 heterocycles. The number of rotatable bonds is 4.